The molecule has 0 radical (unpaired) electrons. The third kappa shape index (κ3) is 3.00. The molecule has 21 heavy (non-hydrogen) atoms. The van der Waals surface area contributed by atoms with Gasteiger partial charge in [0, 0.05) is 13.1 Å². The highest BCUT2D eigenvalue weighted by molar-refractivity contribution is 7.20. The molecule has 0 aliphatic carbocycles. The number of rotatable bonds is 6. The lowest BCUT2D eigenvalue weighted by molar-refractivity contribution is 0.0701. The molecule has 0 aliphatic heterocycles. The molecule has 0 bridgehead atoms. The first-order valence-corrected chi connectivity index (χ1v) is 8.03. The van der Waals surface area contributed by atoms with Crippen molar-refractivity contribution in [3.8, 4) is 0 Å². The molecule has 0 aromatic carbocycles. The highest BCUT2D eigenvalue weighted by Crippen LogP contribution is 2.35. The molecule has 1 unspecified atom stereocenters. The van der Waals surface area contributed by atoms with Crippen molar-refractivity contribution in [1.82, 2.24) is 9.97 Å². The fraction of sp³-hybridized carbons (Fsp3) is 0.533. The van der Waals surface area contributed by atoms with Crippen LogP contribution in [0.5, 0.6) is 0 Å². The van der Waals surface area contributed by atoms with E-state index in [2.05, 4.69) is 35.6 Å². The third-order valence-corrected chi connectivity index (χ3v) is 5.00. The van der Waals surface area contributed by atoms with Crippen molar-refractivity contribution in [2.75, 3.05) is 18.0 Å². The van der Waals surface area contributed by atoms with Gasteiger partial charge in [0.25, 0.3) is 0 Å². The average molecular weight is 307 g/mol. The van der Waals surface area contributed by atoms with Crippen molar-refractivity contribution >= 4 is 33.3 Å². The van der Waals surface area contributed by atoms with Crippen molar-refractivity contribution in [1.29, 1.82) is 0 Å². The molecule has 2 rings (SSSR count). The number of hydrogen-bond donors (Lipinski definition) is 1. The van der Waals surface area contributed by atoms with Crippen LogP contribution in [0.15, 0.2) is 6.33 Å². The van der Waals surface area contributed by atoms with E-state index in [0.29, 0.717) is 10.8 Å². The van der Waals surface area contributed by atoms with Gasteiger partial charge in [0.2, 0.25) is 0 Å². The molecule has 1 atom stereocenters. The van der Waals surface area contributed by atoms with E-state index in [1.807, 2.05) is 6.92 Å². The van der Waals surface area contributed by atoms with Gasteiger partial charge in [-0.3, -0.25) is 0 Å². The first-order chi connectivity index (χ1) is 9.99. The van der Waals surface area contributed by atoms with Gasteiger partial charge in [-0.25, -0.2) is 14.8 Å². The zero-order chi connectivity index (χ0) is 15.6. The number of aryl methyl sites for hydroxylation is 1. The lowest BCUT2D eigenvalue weighted by Gasteiger charge is -2.25. The first-order valence-electron chi connectivity index (χ1n) is 7.21. The second-order valence-electron chi connectivity index (χ2n) is 5.29. The Kier molecular flexibility index (Phi) is 4.77. The predicted octanol–water partition coefficient (Wildman–Crippen LogP) is 3.57. The van der Waals surface area contributed by atoms with E-state index in [4.69, 9.17) is 0 Å². The van der Waals surface area contributed by atoms with Gasteiger partial charge in [0.15, 0.2) is 0 Å². The van der Waals surface area contributed by atoms with E-state index in [-0.39, 0.29) is 0 Å². The number of aromatic carboxylic acids is 1. The second-order valence-corrected chi connectivity index (χ2v) is 6.29. The Bertz CT molecular complexity index is 654. The Hall–Kier alpha value is -1.69. The van der Waals surface area contributed by atoms with Gasteiger partial charge in [-0.2, -0.15) is 0 Å². The summed E-state index contributed by atoms with van der Waals surface area (Å²) in [4.78, 5) is 23.3. The monoisotopic (exact) mass is 307 g/mol. The second kappa shape index (κ2) is 6.39. The first kappa shape index (κ1) is 15.7. The molecule has 0 fully saturated rings. The molecule has 0 amide bonds. The van der Waals surface area contributed by atoms with Gasteiger partial charge >= 0.3 is 5.97 Å². The summed E-state index contributed by atoms with van der Waals surface area (Å²) in [5.41, 5.74) is 0.765. The Balaban J connectivity index is 2.55. The van der Waals surface area contributed by atoms with Gasteiger partial charge in [0.1, 0.15) is 21.9 Å². The highest BCUT2D eigenvalue weighted by Gasteiger charge is 2.21. The van der Waals surface area contributed by atoms with Crippen molar-refractivity contribution in [3.05, 3.63) is 16.8 Å². The summed E-state index contributed by atoms with van der Waals surface area (Å²) in [5.74, 6) is 0.517. The number of carboxylic acids is 1. The standard InChI is InChI=1S/C15H21N3O2S/c1-5-9(3)7-18(6-2)13-11-10(4)12(15(19)20)21-14(11)17-8-16-13/h8-9H,5-7H2,1-4H3,(H,19,20). The topological polar surface area (TPSA) is 66.3 Å². The largest absolute Gasteiger partial charge is 0.477 e. The molecule has 114 valence electrons. The summed E-state index contributed by atoms with van der Waals surface area (Å²) in [7, 11) is 0. The Morgan fingerprint density at radius 2 is 2.14 bits per heavy atom. The summed E-state index contributed by atoms with van der Waals surface area (Å²) in [6.45, 7) is 10.1. The number of fused-ring (bicyclic) bond motifs is 1. The highest BCUT2D eigenvalue weighted by atomic mass is 32.1. The molecule has 2 aromatic heterocycles. The van der Waals surface area contributed by atoms with E-state index in [1.165, 1.54) is 17.7 Å². The zero-order valence-corrected chi connectivity index (χ0v) is 13.7. The van der Waals surface area contributed by atoms with Crippen molar-refractivity contribution < 1.29 is 9.90 Å². The van der Waals surface area contributed by atoms with Gasteiger partial charge in [-0.15, -0.1) is 11.3 Å². The van der Waals surface area contributed by atoms with Crippen LogP contribution in [0.2, 0.25) is 0 Å². The molecular weight excluding hydrogens is 286 g/mol. The number of carbonyl (C=O) groups is 1. The van der Waals surface area contributed by atoms with Crippen LogP contribution in [0.3, 0.4) is 0 Å². The molecule has 0 saturated carbocycles. The van der Waals surface area contributed by atoms with Crippen molar-refractivity contribution in [2.24, 2.45) is 5.92 Å². The minimum absolute atomic E-state index is 0.353. The Morgan fingerprint density at radius 3 is 2.71 bits per heavy atom. The lowest BCUT2D eigenvalue weighted by Crippen LogP contribution is -2.29. The van der Waals surface area contributed by atoms with Crippen molar-refractivity contribution in [2.45, 2.75) is 34.1 Å². The van der Waals surface area contributed by atoms with Crippen LogP contribution in [-0.2, 0) is 0 Å². The molecule has 2 aromatic rings. The van der Waals surface area contributed by atoms with E-state index >= 15 is 0 Å². The van der Waals surface area contributed by atoms with Crippen LogP contribution in [0.25, 0.3) is 10.2 Å². The fourth-order valence-corrected chi connectivity index (χ4v) is 3.35. The molecule has 2 heterocycles. The SMILES string of the molecule is CCC(C)CN(CC)c1ncnc2sc(C(=O)O)c(C)c12. The molecular formula is C15H21N3O2S. The van der Waals surface area contributed by atoms with E-state index < -0.39 is 5.97 Å². The number of aromatic nitrogens is 2. The van der Waals surface area contributed by atoms with Crippen LogP contribution in [0.4, 0.5) is 5.82 Å². The minimum atomic E-state index is -0.897. The lowest BCUT2D eigenvalue weighted by atomic mass is 10.1. The van der Waals surface area contributed by atoms with Crippen LogP contribution < -0.4 is 4.90 Å². The summed E-state index contributed by atoms with van der Waals surface area (Å²) >= 11 is 1.22. The Morgan fingerprint density at radius 1 is 1.43 bits per heavy atom. The average Bonchev–Trinajstić information content (AvgIpc) is 2.82. The van der Waals surface area contributed by atoms with E-state index in [0.717, 1.165) is 41.1 Å². The number of thiophene rings is 1. The summed E-state index contributed by atoms with van der Waals surface area (Å²) < 4.78 is 0. The van der Waals surface area contributed by atoms with Gasteiger partial charge in [-0.1, -0.05) is 20.3 Å². The van der Waals surface area contributed by atoms with Crippen LogP contribution in [-0.4, -0.2) is 34.1 Å². The Labute approximate surface area is 128 Å². The summed E-state index contributed by atoms with van der Waals surface area (Å²) in [6.07, 6.45) is 2.63. The predicted molar refractivity (Wildman–Crippen MR) is 86.5 cm³/mol. The van der Waals surface area contributed by atoms with Crippen LogP contribution in [0, 0.1) is 12.8 Å². The number of nitrogens with zero attached hydrogens (tertiary/aromatic N) is 3. The molecule has 0 spiro atoms. The van der Waals surface area contributed by atoms with Gasteiger partial charge < -0.3 is 10.0 Å². The number of carboxylic acid groups (broad SMARTS) is 1. The third-order valence-electron chi connectivity index (χ3n) is 3.81. The van der Waals surface area contributed by atoms with Gasteiger partial charge in [-0.05, 0) is 25.3 Å². The fourth-order valence-electron chi connectivity index (χ4n) is 2.37. The normalized spacial score (nSPS) is 12.6. The van der Waals surface area contributed by atoms with Crippen LogP contribution in [0.1, 0.15) is 42.4 Å². The quantitative estimate of drug-likeness (QED) is 0.883. The zero-order valence-electron chi connectivity index (χ0n) is 12.9. The molecule has 1 N–H and O–H groups in total. The van der Waals surface area contributed by atoms with E-state index in [1.54, 1.807) is 0 Å². The molecule has 6 heteroatoms. The maximum Gasteiger partial charge on any atom is 0.346 e. The number of anilines is 1. The minimum Gasteiger partial charge on any atom is -0.477 e. The van der Waals surface area contributed by atoms with E-state index in [9.17, 15) is 9.90 Å². The molecule has 0 saturated heterocycles. The number of hydrogen-bond acceptors (Lipinski definition) is 5. The van der Waals surface area contributed by atoms with Crippen LogP contribution >= 0.6 is 11.3 Å². The molecule has 5 nitrogen and oxygen atoms in total. The van der Waals surface area contributed by atoms with Gasteiger partial charge in [0.05, 0.1) is 5.39 Å². The maximum atomic E-state index is 11.3. The molecule has 0 aliphatic rings. The maximum absolute atomic E-state index is 11.3. The summed E-state index contributed by atoms with van der Waals surface area (Å²) in [5, 5.41) is 10.2. The smallest absolute Gasteiger partial charge is 0.346 e. The summed E-state index contributed by atoms with van der Waals surface area (Å²) in [6, 6.07) is 0. The van der Waals surface area contributed by atoms with Crippen molar-refractivity contribution in [3.63, 3.8) is 0 Å².